The van der Waals surface area contributed by atoms with Crippen LogP contribution in [0.5, 0.6) is 11.5 Å². The molecule has 19 heavy (non-hydrogen) atoms. The van der Waals surface area contributed by atoms with Gasteiger partial charge in [0.05, 0.1) is 32.1 Å². The fourth-order valence-electron chi connectivity index (χ4n) is 1.61. The highest BCUT2D eigenvalue weighted by molar-refractivity contribution is 6.41. The molecule has 2 aromatic rings. The van der Waals surface area contributed by atoms with Gasteiger partial charge in [0.2, 0.25) is 0 Å². The van der Waals surface area contributed by atoms with Gasteiger partial charge in [-0.05, 0) is 6.07 Å². The van der Waals surface area contributed by atoms with Crippen LogP contribution in [0, 0.1) is 0 Å². The first-order valence-electron chi connectivity index (χ1n) is 5.49. The molecule has 0 atom stereocenters. The molecule has 0 saturated heterocycles. The summed E-state index contributed by atoms with van der Waals surface area (Å²) >= 11 is 12.5. The molecule has 1 heterocycles. The predicted molar refractivity (Wildman–Crippen MR) is 75.5 cm³/mol. The third kappa shape index (κ3) is 2.88. The highest BCUT2D eigenvalue weighted by Crippen LogP contribution is 2.44. The van der Waals surface area contributed by atoms with E-state index < -0.39 is 0 Å². The maximum absolute atomic E-state index is 6.23. The first kappa shape index (κ1) is 13.8. The number of rotatable bonds is 5. The SMILES string of the molecule is COc1cc(OC)c(Cl)c(NCc2ccn[nH]2)c1Cl. The maximum atomic E-state index is 6.23. The number of nitrogens with one attached hydrogen (secondary N) is 2. The van der Waals surface area contributed by atoms with Crippen LogP contribution in [0.4, 0.5) is 5.69 Å². The lowest BCUT2D eigenvalue weighted by molar-refractivity contribution is 0.395. The molecule has 2 rings (SSSR count). The number of halogens is 2. The first-order valence-corrected chi connectivity index (χ1v) is 6.25. The number of ether oxygens (including phenoxy) is 2. The van der Waals surface area contributed by atoms with Crippen LogP contribution in [-0.2, 0) is 6.54 Å². The number of hydrogen-bond donors (Lipinski definition) is 2. The van der Waals surface area contributed by atoms with Crippen molar-refractivity contribution in [1.82, 2.24) is 10.2 Å². The number of aromatic nitrogens is 2. The first-order chi connectivity index (χ1) is 9.17. The Bertz CT molecular complexity index is 530. The van der Waals surface area contributed by atoms with Gasteiger partial charge in [0.25, 0.3) is 0 Å². The second-order valence-electron chi connectivity index (χ2n) is 3.72. The molecule has 0 aliphatic rings. The third-order valence-electron chi connectivity index (χ3n) is 2.59. The van der Waals surface area contributed by atoms with Crippen molar-refractivity contribution in [2.75, 3.05) is 19.5 Å². The van der Waals surface area contributed by atoms with Gasteiger partial charge in [-0.2, -0.15) is 5.10 Å². The van der Waals surface area contributed by atoms with Crippen molar-refractivity contribution in [3.8, 4) is 11.5 Å². The number of aromatic amines is 1. The second-order valence-corrected chi connectivity index (χ2v) is 4.48. The Hall–Kier alpha value is -1.59. The number of methoxy groups -OCH3 is 2. The van der Waals surface area contributed by atoms with Gasteiger partial charge in [-0.25, -0.2) is 0 Å². The summed E-state index contributed by atoms with van der Waals surface area (Å²) in [6.45, 7) is 0.510. The van der Waals surface area contributed by atoms with Gasteiger partial charge in [-0.3, -0.25) is 5.10 Å². The van der Waals surface area contributed by atoms with Gasteiger partial charge >= 0.3 is 0 Å². The summed E-state index contributed by atoms with van der Waals surface area (Å²) in [6.07, 6.45) is 1.67. The Morgan fingerprint density at radius 2 is 1.84 bits per heavy atom. The van der Waals surface area contributed by atoms with E-state index in [0.717, 1.165) is 5.69 Å². The van der Waals surface area contributed by atoms with Crippen molar-refractivity contribution in [3.63, 3.8) is 0 Å². The van der Waals surface area contributed by atoms with Gasteiger partial charge in [0, 0.05) is 12.3 Å². The van der Waals surface area contributed by atoms with E-state index in [0.29, 0.717) is 33.8 Å². The molecule has 0 amide bonds. The number of hydrogen-bond acceptors (Lipinski definition) is 4. The zero-order valence-corrected chi connectivity index (χ0v) is 12.0. The summed E-state index contributed by atoms with van der Waals surface area (Å²) in [5.41, 5.74) is 1.48. The number of anilines is 1. The predicted octanol–water partition coefficient (Wildman–Crippen LogP) is 3.35. The molecule has 0 aliphatic carbocycles. The normalized spacial score (nSPS) is 10.3. The van der Waals surface area contributed by atoms with Crippen molar-refractivity contribution in [3.05, 3.63) is 34.1 Å². The van der Waals surface area contributed by atoms with Crippen LogP contribution in [-0.4, -0.2) is 24.4 Å². The van der Waals surface area contributed by atoms with E-state index >= 15 is 0 Å². The lowest BCUT2D eigenvalue weighted by Crippen LogP contribution is -2.03. The Morgan fingerprint density at radius 3 is 2.32 bits per heavy atom. The monoisotopic (exact) mass is 301 g/mol. The van der Waals surface area contributed by atoms with E-state index in [-0.39, 0.29) is 0 Å². The molecule has 0 fully saturated rings. The third-order valence-corrected chi connectivity index (χ3v) is 3.34. The molecule has 0 saturated carbocycles. The molecule has 5 nitrogen and oxygen atoms in total. The molecule has 1 aromatic carbocycles. The van der Waals surface area contributed by atoms with Crippen LogP contribution in [0.3, 0.4) is 0 Å². The van der Waals surface area contributed by atoms with E-state index in [1.54, 1.807) is 12.3 Å². The Labute approximate surface area is 120 Å². The van der Waals surface area contributed by atoms with Crippen molar-refractivity contribution >= 4 is 28.9 Å². The average molecular weight is 302 g/mol. The summed E-state index contributed by atoms with van der Waals surface area (Å²) in [6, 6.07) is 3.50. The topological polar surface area (TPSA) is 59.2 Å². The molecular weight excluding hydrogens is 289 g/mol. The fourth-order valence-corrected chi connectivity index (χ4v) is 2.24. The largest absolute Gasteiger partial charge is 0.495 e. The minimum Gasteiger partial charge on any atom is -0.495 e. The van der Waals surface area contributed by atoms with Crippen molar-refractivity contribution in [2.45, 2.75) is 6.54 Å². The van der Waals surface area contributed by atoms with Crippen LogP contribution < -0.4 is 14.8 Å². The minimum absolute atomic E-state index is 0.410. The van der Waals surface area contributed by atoms with Crippen LogP contribution in [0.2, 0.25) is 10.0 Å². The Balaban J connectivity index is 2.31. The maximum Gasteiger partial charge on any atom is 0.143 e. The highest BCUT2D eigenvalue weighted by Gasteiger charge is 2.16. The molecule has 0 unspecified atom stereocenters. The second kappa shape index (κ2) is 6.04. The lowest BCUT2D eigenvalue weighted by Gasteiger charge is -2.15. The van der Waals surface area contributed by atoms with Gasteiger partial charge in [-0.1, -0.05) is 23.2 Å². The zero-order chi connectivity index (χ0) is 13.8. The number of nitrogens with zero attached hydrogens (tertiary/aromatic N) is 1. The summed E-state index contributed by atoms with van der Waals surface area (Å²) in [5, 5.41) is 10.7. The van der Waals surface area contributed by atoms with E-state index in [1.165, 1.54) is 14.2 Å². The van der Waals surface area contributed by atoms with E-state index in [9.17, 15) is 0 Å². The van der Waals surface area contributed by atoms with Gasteiger partial charge < -0.3 is 14.8 Å². The standard InChI is InChI=1S/C12H13Cl2N3O2/c1-18-8-5-9(19-2)11(14)12(10(8)13)15-6-7-3-4-16-17-7/h3-5,15H,6H2,1-2H3,(H,16,17). The molecule has 7 heteroatoms. The summed E-state index contributed by atoms with van der Waals surface area (Å²) in [5.74, 6) is 0.991. The van der Waals surface area contributed by atoms with Gasteiger partial charge in [-0.15, -0.1) is 0 Å². The van der Waals surface area contributed by atoms with Crippen molar-refractivity contribution in [2.24, 2.45) is 0 Å². The molecule has 0 aliphatic heterocycles. The minimum atomic E-state index is 0.410. The molecule has 2 N–H and O–H groups in total. The molecule has 0 spiro atoms. The number of benzene rings is 1. The van der Waals surface area contributed by atoms with Crippen LogP contribution >= 0.6 is 23.2 Å². The lowest BCUT2D eigenvalue weighted by atomic mass is 10.2. The molecule has 1 aromatic heterocycles. The summed E-state index contributed by atoms with van der Waals surface area (Å²) in [7, 11) is 3.07. The van der Waals surface area contributed by atoms with Crippen molar-refractivity contribution < 1.29 is 9.47 Å². The fraction of sp³-hybridized carbons (Fsp3) is 0.250. The van der Waals surface area contributed by atoms with E-state index in [1.807, 2.05) is 6.07 Å². The van der Waals surface area contributed by atoms with Gasteiger partial charge in [0.15, 0.2) is 0 Å². The molecule has 0 bridgehead atoms. The molecule has 102 valence electrons. The Morgan fingerprint density at radius 1 is 1.21 bits per heavy atom. The quantitative estimate of drug-likeness (QED) is 0.889. The average Bonchev–Trinajstić information content (AvgIpc) is 2.92. The van der Waals surface area contributed by atoms with Gasteiger partial charge in [0.1, 0.15) is 21.5 Å². The molecule has 0 radical (unpaired) electrons. The zero-order valence-electron chi connectivity index (χ0n) is 10.5. The molecular formula is C12H13Cl2N3O2. The van der Waals surface area contributed by atoms with Crippen LogP contribution in [0.25, 0.3) is 0 Å². The summed E-state index contributed by atoms with van der Waals surface area (Å²) in [4.78, 5) is 0. The number of H-pyrrole nitrogens is 1. The van der Waals surface area contributed by atoms with Crippen LogP contribution in [0.15, 0.2) is 18.3 Å². The highest BCUT2D eigenvalue weighted by atomic mass is 35.5. The summed E-state index contributed by atoms with van der Waals surface area (Å²) < 4.78 is 10.4. The van der Waals surface area contributed by atoms with E-state index in [2.05, 4.69) is 15.5 Å². The van der Waals surface area contributed by atoms with Crippen molar-refractivity contribution in [1.29, 1.82) is 0 Å². The van der Waals surface area contributed by atoms with Crippen LogP contribution in [0.1, 0.15) is 5.69 Å². The Kier molecular flexibility index (Phi) is 4.39. The van der Waals surface area contributed by atoms with E-state index in [4.69, 9.17) is 32.7 Å². The smallest absolute Gasteiger partial charge is 0.143 e.